The lowest BCUT2D eigenvalue weighted by Gasteiger charge is -2.25. The van der Waals surface area contributed by atoms with Crippen molar-refractivity contribution in [1.29, 1.82) is 0 Å². The summed E-state index contributed by atoms with van der Waals surface area (Å²) in [6, 6.07) is 3.02. The van der Waals surface area contributed by atoms with Gasteiger partial charge >= 0.3 is 12.2 Å². The maximum atomic E-state index is 12.5. The molecule has 1 unspecified atom stereocenters. The second kappa shape index (κ2) is 6.96. The normalized spacial score (nSPS) is 20.9. The summed E-state index contributed by atoms with van der Waals surface area (Å²) in [6.07, 6.45) is 0.185. The van der Waals surface area contributed by atoms with Crippen molar-refractivity contribution < 1.29 is 18.0 Å². The number of halogens is 3. The number of carbonyl (C=O) groups is 1. The number of rotatable bonds is 4. The molecule has 0 spiro atoms. The molecular weight excluding hydrogens is 321 g/mol. The largest absolute Gasteiger partial charge is 0.401 e. The molecule has 3 rings (SSSR count). The van der Waals surface area contributed by atoms with Crippen molar-refractivity contribution in [2.75, 3.05) is 25.0 Å². The standard InChI is InChI=1S/C16H21F3N4O/c17-16(18,19)10-23-8-2-4-12(23)9-20-15(24)22-14-7-6-11-3-1-5-13(11)21-14/h6-7,12H,1-5,8-10H2,(H2,20,21,22,24). The number of hydrogen-bond acceptors (Lipinski definition) is 3. The van der Waals surface area contributed by atoms with E-state index in [1.807, 2.05) is 6.07 Å². The van der Waals surface area contributed by atoms with E-state index in [-0.39, 0.29) is 12.6 Å². The van der Waals surface area contributed by atoms with Crippen molar-refractivity contribution >= 4 is 11.8 Å². The van der Waals surface area contributed by atoms with E-state index in [1.165, 1.54) is 10.5 Å². The smallest absolute Gasteiger partial charge is 0.336 e. The van der Waals surface area contributed by atoms with Crippen molar-refractivity contribution in [1.82, 2.24) is 15.2 Å². The van der Waals surface area contributed by atoms with Crippen LogP contribution in [-0.4, -0.2) is 47.8 Å². The van der Waals surface area contributed by atoms with E-state index in [2.05, 4.69) is 15.6 Å². The van der Waals surface area contributed by atoms with Crippen LogP contribution in [0.4, 0.5) is 23.8 Å². The van der Waals surface area contributed by atoms with Gasteiger partial charge in [-0.1, -0.05) is 6.07 Å². The van der Waals surface area contributed by atoms with E-state index in [9.17, 15) is 18.0 Å². The molecule has 1 saturated heterocycles. The van der Waals surface area contributed by atoms with Crippen LogP contribution < -0.4 is 10.6 Å². The predicted molar refractivity (Wildman–Crippen MR) is 83.9 cm³/mol. The summed E-state index contributed by atoms with van der Waals surface area (Å²) in [5.74, 6) is 0.478. The Labute approximate surface area is 138 Å². The number of nitrogens with one attached hydrogen (secondary N) is 2. The minimum Gasteiger partial charge on any atom is -0.336 e. The lowest BCUT2D eigenvalue weighted by atomic mass is 10.2. The van der Waals surface area contributed by atoms with Crippen LogP contribution in [-0.2, 0) is 12.8 Å². The van der Waals surface area contributed by atoms with Crippen LogP contribution in [0.3, 0.4) is 0 Å². The quantitative estimate of drug-likeness (QED) is 0.885. The Balaban J connectivity index is 1.48. The van der Waals surface area contributed by atoms with Gasteiger partial charge in [0.05, 0.1) is 6.54 Å². The number of fused-ring (bicyclic) bond motifs is 1. The number of urea groups is 1. The van der Waals surface area contributed by atoms with Crippen molar-refractivity contribution in [2.45, 2.75) is 44.3 Å². The molecule has 1 aliphatic heterocycles. The van der Waals surface area contributed by atoms with Gasteiger partial charge in [0.1, 0.15) is 5.82 Å². The Hall–Kier alpha value is -1.83. The monoisotopic (exact) mass is 342 g/mol. The molecule has 5 nitrogen and oxygen atoms in total. The summed E-state index contributed by atoms with van der Waals surface area (Å²) in [7, 11) is 0. The third-order valence-corrected chi connectivity index (χ3v) is 4.55. The summed E-state index contributed by atoms with van der Waals surface area (Å²) < 4.78 is 37.6. The van der Waals surface area contributed by atoms with Crippen LogP contribution in [0.25, 0.3) is 0 Å². The highest BCUT2D eigenvalue weighted by Gasteiger charge is 2.36. The van der Waals surface area contributed by atoms with Gasteiger partial charge in [-0.05, 0) is 50.3 Å². The molecule has 0 aromatic carbocycles. The number of amides is 2. The van der Waals surface area contributed by atoms with E-state index >= 15 is 0 Å². The first-order chi connectivity index (χ1) is 11.4. The van der Waals surface area contributed by atoms with E-state index in [4.69, 9.17) is 0 Å². The zero-order valence-corrected chi connectivity index (χ0v) is 13.3. The highest BCUT2D eigenvalue weighted by molar-refractivity contribution is 5.88. The van der Waals surface area contributed by atoms with Gasteiger partial charge in [0, 0.05) is 18.3 Å². The fourth-order valence-corrected chi connectivity index (χ4v) is 3.43. The molecule has 24 heavy (non-hydrogen) atoms. The van der Waals surface area contributed by atoms with Gasteiger partial charge in [-0.2, -0.15) is 13.2 Å². The lowest BCUT2D eigenvalue weighted by Crippen LogP contribution is -2.44. The van der Waals surface area contributed by atoms with Crippen LogP contribution in [0.5, 0.6) is 0 Å². The molecule has 2 amide bonds. The molecule has 2 heterocycles. The molecule has 1 atom stereocenters. The van der Waals surface area contributed by atoms with Crippen molar-refractivity contribution in [3.8, 4) is 0 Å². The molecule has 132 valence electrons. The fraction of sp³-hybridized carbons (Fsp3) is 0.625. The van der Waals surface area contributed by atoms with E-state index < -0.39 is 18.8 Å². The summed E-state index contributed by atoms with van der Waals surface area (Å²) in [5, 5.41) is 5.31. The molecule has 0 bridgehead atoms. The van der Waals surface area contributed by atoms with Gasteiger partial charge < -0.3 is 5.32 Å². The van der Waals surface area contributed by atoms with E-state index in [1.54, 1.807) is 6.07 Å². The second-order valence-corrected chi connectivity index (χ2v) is 6.37. The van der Waals surface area contributed by atoms with Gasteiger partial charge in [0.2, 0.25) is 0 Å². The highest BCUT2D eigenvalue weighted by atomic mass is 19.4. The summed E-state index contributed by atoms with van der Waals surface area (Å²) in [6.45, 7) is -0.306. The fourth-order valence-electron chi connectivity index (χ4n) is 3.43. The van der Waals surface area contributed by atoms with Crippen molar-refractivity contribution in [3.05, 3.63) is 23.4 Å². The minimum atomic E-state index is -4.21. The maximum Gasteiger partial charge on any atom is 0.401 e. The number of anilines is 1. The third kappa shape index (κ3) is 4.37. The van der Waals surface area contributed by atoms with Crippen molar-refractivity contribution in [2.24, 2.45) is 0 Å². The number of nitrogens with zero attached hydrogens (tertiary/aromatic N) is 2. The van der Waals surface area contributed by atoms with Crippen LogP contribution in [0.1, 0.15) is 30.5 Å². The van der Waals surface area contributed by atoms with Crippen LogP contribution in [0.15, 0.2) is 12.1 Å². The zero-order valence-electron chi connectivity index (χ0n) is 13.3. The average Bonchev–Trinajstić information content (AvgIpc) is 3.12. The molecule has 8 heteroatoms. The number of hydrogen-bond donors (Lipinski definition) is 2. The Kier molecular flexibility index (Phi) is 4.93. The first-order valence-corrected chi connectivity index (χ1v) is 8.25. The maximum absolute atomic E-state index is 12.5. The molecular formula is C16H21F3N4O. The van der Waals surface area contributed by atoms with Gasteiger partial charge in [0.15, 0.2) is 0 Å². The molecule has 1 aromatic heterocycles. The van der Waals surface area contributed by atoms with Gasteiger partial charge in [-0.3, -0.25) is 10.2 Å². The number of aryl methyl sites for hydroxylation is 2. The predicted octanol–water partition coefficient (Wildman–Crippen LogP) is 2.72. The van der Waals surface area contributed by atoms with Crippen LogP contribution in [0, 0.1) is 0 Å². The molecule has 2 aliphatic rings. The Morgan fingerprint density at radius 2 is 2.12 bits per heavy atom. The minimum absolute atomic E-state index is 0.201. The van der Waals surface area contributed by atoms with Crippen molar-refractivity contribution in [3.63, 3.8) is 0 Å². The van der Waals surface area contributed by atoms with Gasteiger partial charge in [0.25, 0.3) is 0 Å². The molecule has 1 fully saturated rings. The number of carbonyl (C=O) groups excluding carboxylic acids is 1. The molecule has 1 aromatic rings. The summed E-state index contributed by atoms with van der Waals surface area (Å²) >= 11 is 0. The van der Waals surface area contributed by atoms with Gasteiger partial charge in [-0.25, -0.2) is 9.78 Å². The second-order valence-electron chi connectivity index (χ2n) is 6.37. The Morgan fingerprint density at radius 1 is 1.29 bits per heavy atom. The first-order valence-electron chi connectivity index (χ1n) is 8.25. The number of alkyl halides is 3. The summed E-state index contributed by atoms with van der Waals surface area (Å²) in [4.78, 5) is 17.7. The number of aromatic nitrogens is 1. The highest BCUT2D eigenvalue weighted by Crippen LogP contribution is 2.24. The molecule has 2 N–H and O–H groups in total. The zero-order chi connectivity index (χ0) is 17.2. The lowest BCUT2D eigenvalue weighted by molar-refractivity contribution is -0.147. The van der Waals surface area contributed by atoms with Gasteiger partial charge in [-0.15, -0.1) is 0 Å². The number of pyridine rings is 1. The Morgan fingerprint density at radius 3 is 2.92 bits per heavy atom. The van der Waals surface area contributed by atoms with E-state index in [0.717, 1.165) is 31.4 Å². The Bertz CT molecular complexity index is 605. The van der Waals surface area contributed by atoms with E-state index in [0.29, 0.717) is 18.8 Å². The third-order valence-electron chi connectivity index (χ3n) is 4.55. The summed E-state index contributed by atoms with van der Waals surface area (Å²) in [5.41, 5.74) is 2.23. The molecule has 0 radical (unpaired) electrons. The van der Waals surface area contributed by atoms with Crippen LogP contribution >= 0.6 is 0 Å². The molecule has 1 aliphatic carbocycles. The van der Waals surface area contributed by atoms with Crippen LogP contribution in [0.2, 0.25) is 0 Å². The SMILES string of the molecule is O=C(NCC1CCCN1CC(F)(F)F)Nc1ccc2c(n1)CCC2. The topological polar surface area (TPSA) is 57.3 Å². The first kappa shape index (κ1) is 17.0. The molecule has 0 saturated carbocycles. The average molecular weight is 342 g/mol. The number of likely N-dealkylation sites (tertiary alicyclic amines) is 1.